The largest absolute Gasteiger partial charge is 0.493 e. The zero-order chi connectivity index (χ0) is 22.5. The lowest BCUT2D eigenvalue weighted by atomic mass is 9.88. The number of aryl methyl sites for hydroxylation is 1. The summed E-state index contributed by atoms with van der Waals surface area (Å²) in [6, 6.07) is 3.11. The Morgan fingerprint density at radius 1 is 1.03 bits per heavy atom. The van der Waals surface area contributed by atoms with Crippen LogP contribution >= 0.6 is 11.3 Å². The molecule has 0 radical (unpaired) electrons. The van der Waals surface area contributed by atoms with Crippen LogP contribution in [0.3, 0.4) is 0 Å². The Bertz CT molecular complexity index is 995. The fourth-order valence-electron chi connectivity index (χ4n) is 3.71. The van der Waals surface area contributed by atoms with Crippen LogP contribution in [0.25, 0.3) is 0 Å². The third-order valence-corrected chi connectivity index (χ3v) is 6.51. The van der Waals surface area contributed by atoms with Crippen molar-refractivity contribution in [3.8, 4) is 11.5 Å². The van der Waals surface area contributed by atoms with Gasteiger partial charge in [-0.05, 0) is 25.8 Å². The quantitative estimate of drug-likeness (QED) is 0.610. The Labute approximate surface area is 185 Å². The third-order valence-electron chi connectivity index (χ3n) is 5.34. The number of anilines is 2. The van der Waals surface area contributed by atoms with Crippen molar-refractivity contribution >= 4 is 39.8 Å². The van der Waals surface area contributed by atoms with Crippen LogP contribution in [0.4, 0.5) is 10.8 Å². The highest BCUT2D eigenvalue weighted by molar-refractivity contribution is 7.17. The number of ether oxygens (including phenoxy) is 2. The van der Waals surface area contributed by atoms with E-state index in [-0.39, 0.29) is 23.2 Å². The molecule has 166 valence electrons. The maximum atomic E-state index is 13.1. The second-order valence-electron chi connectivity index (χ2n) is 7.52. The zero-order valence-electron chi connectivity index (χ0n) is 18.2. The fourth-order valence-corrected chi connectivity index (χ4v) is 4.57. The number of aromatic nitrogens is 1. The lowest BCUT2D eigenvalue weighted by molar-refractivity contribution is -0.120. The molecule has 1 fully saturated rings. The Morgan fingerprint density at radius 2 is 1.68 bits per heavy atom. The lowest BCUT2D eigenvalue weighted by Gasteiger charge is -2.22. The molecule has 0 bridgehead atoms. The Kier molecular flexibility index (Phi) is 7.27. The molecule has 2 N–H and O–H groups in total. The van der Waals surface area contributed by atoms with Gasteiger partial charge in [-0.3, -0.25) is 19.7 Å². The molecule has 3 rings (SSSR count). The molecule has 9 heteroatoms. The minimum Gasteiger partial charge on any atom is -0.493 e. The van der Waals surface area contributed by atoms with Crippen molar-refractivity contribution < 1.29 is 23.9 Å². The number of thiazole rings is 1. The summed E-state index contributed by atoms with van der Waals surface area (Å²) in [6.07, 6.45) is 4.88. The Balaban J connectivity index is 1.91. The number of amides is 2. The first-order chi connectivity index (χ1) is 14.8. The van der Waals surface area contributed by atoms with Crippen molar-refractivity contribution in [2.75, 3.05) is 24.9 Å². The Hall–Kier alpha value is -2.94. The smallest absolute Gasteiger partial charge is 0.259 e. The summed E-state index contributed by atoms with van der Waals surface area (Å²) in [7, 11) is 2.97. The molecule has 1 saturated carbocycles. The number of hydrogen-bond acceptors (Lipinski definition) is 7. The summed E-state index contributed by atoms with van der Waals surface area (Å²) in [5.41, 5.74) is 1.12. The van der Waals surface area contributed by atoms with Gasteiger partial charge in [-0.2, -0.15) is 0 Å². The third kappa shape index (κ3) is 5.22. The van der Waals surface area contributed by atoms with Gasteiger partial charge < -0.3 is 14.8 Å². The number of methoxy groups -OCH3 is 2. The molecule has 0 saturated heterocycles. The normalized spacial score (nSPS) is 14.1. The van der Waals surface area contributed by atoms with Gasteiger partial charge in [-0.1, -0.05) is 30.6 Å². The van der Waals surface area contributed by atoms with Crippen molar-refractivity contribution in [2.45, 2.75) is 46.0 Å². The van der Waals surface area contributed by atoms with E-state index in [1.165, 1.54) is 27.2 Å². The molecular formula is C22H27N3O5S. The summed E-state index contributed by atoms with van der Waals surface area (Å²) in [5.74, 6) is 0.0123. The molecule has 31 heavy (non-hydrogen) atoms. The minimum atomic E-state index is -0.469. The molecule has 1 heterocycles. The number of ketones is 1. The second-order valence-corrected chi connectivity index (χ2v) is 8.52. The van der Waals surface area contributed by atoms with E-state index in [9.17, 15) is 14.4 Å². The van der Waals surface area contributed by atoms with Crippen molar-refractivity contribution in [3.63, 3.8) is 0 Å². The maximum Gasteiger partial charge on any atom is 0.259 e. The summed E-state index contributed by atoms with van der Waals surface area (Å²) in [6.45, 7) is 3.18. The van der Waals surface area contributed by atoms with Gasteiger partial charge in [-0.15, -0.1) is 0 Å². The van der Waals surface area contributed by atoms with Crippen LogP contribution in [0.5, 0.6) is 11.5 Å². The average Bonchev–Trinajstić information content (AvgIpc) is 3.14. The van der Waals surface area contributed by atoms with Crippen molar-refractivity contribution in [1.29, 1.82) is 0 Å². The Morgan fingerprint density at radius 3 is 2.26 bits per heavy atom. The summed E-state index contributed by atoms with van der Waals surface area (Å²) < 4.78 is 10.7. The van der Waals surface area contributed by atoms with Crippen LogP contribution in [-0.2, 0) is 4.79 Å². The van der Waals surface area contributed by atoms with Gasteiger partial charge in [0, 0.05) is 18.9 Å². The van der Waals surface area contributed by atoms with Gasteiger partial charge in [0.15, 0.2) is 22.4 Å². The van der Waals surface area contributed by atoms with E-state index in [4.69, 9.17) is 9.47 Å². The standard InChI is InChI=1S/C22H27N3O5S/c1-12-19(13(2)26)31-22(23-12)25-21(28)15-10-17(29-3)18(30-4)11-16(15)24-20(27)14-8-6-5-7-9-14/h10-11,14H,5-9H2,1-4H3,(H,24,27)(H,23,25,28). The van der Waals surface area contributed by atoms with Gasteiger partial charge >= 0.3 is 0 Å². The predicted molar refractivity (Wildman–Crippen MR) is 120 cm³/mol. The van der Waals surface area contributed by atoms with Gasteiger partial charge in [0.1, 0.15) is 0 Å². The molecule has 1 aliphatic rings. The first-order valence-corrected chi connectivity index (χ1v) is 11.0. The van der Waals surface area contributed by atoms with Crippen molar-refractivity contribution in [3.05, 3.63) is 28.3 Å². The highest BCUT2D eigenvalue weighted by Crippen LogP contribution is 2.35. The zero-order valence-corrected chi connectivity index (χ0v) is 19.0. The van der Waals surface area contributed by atoms with Crippen LogP contribution in [0.2, 0.25) is 0 Å². The molecule has 8 nitrogen and oxygen atoms in total. The number of nitrogens with zero attached hydrogens (tertiary/aromatic N) is 1. The van der Waals surface area contributed by atoms with Crippen molar-refractivity contribution in [2.24, 2.45) is 5.92 Å². The van der Waals surface area contributed by atoms with Crippen LogP contribution in [-0.4, -0.2) is 36.8 Å². The first-order valence-electron chi connectivity index (χ1n) is 10.2. The summed E-state index contributed by atoms with van der Waals surface area (Å²) in [4.78, 5) is 42.3. The molecule has 2 aromatic rings. The molecule has 0 spiro atoms. The van der Waals surface area contributed by atoms with Crippen LogP contribution < -0.4 is 20.1 Å². The van der Waals surface area contributed by atoms with Gasteiger partial charge in [0.2, 0.25) is 5.91 Å². The van der Waals surface area contributed by atoms with E-state index in [0.717, 1.165) is 43.4 Å². The highest BCUT2D eigenvalue weighted by Gasteiger charge is 2.25. The summed E-state index contributed by atoms with van der Waals surface area (Å²) >= 11 is 1.11. The van der Waals surface area contributed by atoms with E-state index >= 15 is 0 Å². The minimum absolute atomic E-state index is 0.0718. The topological polar surface area (TPSA) is 107 Å². The number of hydrogen-bond donors (Lipinski definition) is 2. The molecule has 1 aliphatic carbocycles. The van der Waals surface area contributed by atoms with E-state index in [1.54, 1.807) is 13.0 Å². The fraction of sp³-hybridized carbons (Fsp3) is 0.455. The molecule has 2 amide bonds. The van der Waals surface area contributed by atoms with Gasteiger partial charge in [0.05, 0.1) is 36.0 Å². The van der Waals surface area contributed by atoms with Crippen molar-refractivity contribution in [1.82, 2.24) is 4.98 Å². The number of carbonyl (C=O) groups is 3. The lowest BCUT2D eigenvalue weighted by Crippen LogP contribution is -2.26. The van der Waals surface area contributed by atoms with Crippen LogP contribution in [0, 0.1) is 12.8 Å². The molecule has 1 aromatic carbocycles. The number of rotatable bonds is 7. The average molecular weight is 446 g/mol. The highest BCUT2D eigenvalue weighted by atomic mass is 32.1. The SMILES string of the molecule is COc1cc(NC(=O)C2CCCCC2)c(C(=O)Nc2nc(C)c(C(C)=O)s2)cc1OC. The monoisotopic (exact) mass is 445 g/mol. The van der Waals surface area contributed by atoms with Gasteiger partial charge in [0.25, 0.3) is 5.91 Å². The molecule has 0 unspecified atom stereocenters. The molecular weight excluding hydrogens is 418 g/mol. The van der Waals surface area contributed by atoms with E-state index in [0.29, 0.717) is 32.9 Å². The number of Topliss-reactive ketones (excluding diaryl/α,β-unsaturated/α-hetero) is 1. The van der Waals surface area contributed by atoms with Gasteiger partial charge in [-0.25, -0.2) is 4.98 Å². The van der Waals surface area contributed by atoms with E-state index < -0.39 is 5.91 Å². The maximum absolute atomic E-state index is 13.1. The number of nitrogens with one attached hydrogen (secondary N) is 2. The number of benzene rings is 1. The number of carbonyl (C=O) groups excluding carboxylic acids is 3. The molecule has 0 aliphatic heterocycles. The van der Waals surface area contributed by atoms with E-state index in [1.807, 2.05) is 0 Å². The molecule has 1 aromatic heterocycles. The van der Waals surface area contributed by atoms with E-state index in [2.05, 4.69) is 15.6 Å². The second kappa shape index (κ2) is 9.91. The van der Waals surface area contributed by atoms with Crippen LogP contribution in [0.15, 0.2) is 12.1 Å². The molecule has 0 atom stereocenters. The predicted octanol–water partition coefficient (Wildman–Crippen LogP) is 4.44. The first kappa shape index (κ1) is 22.7. The van der Waals surface area contributed by atoms with Crippen LogP contribution in [0.1, 0.15) is 64.8 Å². The summed E-state index contributed by atoms with van der Waals surface area (Å²) in [5, 5.41) is 5.94.